The molecule has 1 saturated carbocycles. The van der Waals surface area contributed by atoms with E-state index in [4.69, 9.17) is 11.6 Å². The Morgan fingerprint density at radius 3 is 2.72 bits per heavy atom. The summed E-state index contributed by atoms with van der Waals surface area (Å²) in [6.07, 6.45) is 4.01. The summed E-state index contributed by atoms with van der Waals surface area (Å²) < 4.78 is 2.04. The summed E-state index contributed by atoms with van der Waals surface area (Å²) in [5, 5.41) is 6.35. The molecule has 0 unspecified atom stereocenters. The quantitative estimate of drug-likeness (QED) is 0.741. The van der Waals surface area contributed by atoms with Gasteiger partial charge in [-0.1, -0.05) is 34.0 Å². The lowest BCUT2D eigenvalue weighted by Gasteiger charge is -2.37. The van der Waals surface area contributed by atoms with Crippen molar-refractivity contribution in [1.29, 1.82) is 0 Å². The van der Waals surface area contributed by atoms with Crippen LogP contribution in [0.1, 0.15) is 37.6 Å². The maximum absolute atomic E-state index is 6.38. The van der Waals surface area contributed by atoms with Gasteiger partial charge in [-0.25, -0.2) is 0 Å². The fraction of sp³-hybridized carbons (Fsp3) is 0.769. The minimum Gasteiger partial charge on any atom is -0.294 e. The van der Waals surface area contributed by atoms with Crippen LogP contribution in [0.4, 0.5) is 0 Å². The Balaban J connectivity index is 2.14. The van der Waals surface area contributed by atoms with Gasteiger partial charge >= 0.3 is 0 Å². The van der Waals surface area contributed by atoms with E-state index in [1.54, 1.807) is 0 Å². The highest BCUT2D eigenvalue weighted by atomic mass is 79.9. The van der Waals surface area contributed by atoms with Crippen LogP contribution in [0.25, 0.3) is 0 Å². The van der Waals surface area contributed by atoms with Crippen molar-refractivity contribution in [2.45, 2.75) is 52.2 Å². The number of aromatic nitrogens is 2. The highest BCUT2D eigenvalue weighted by Crippen LogP contribution is 2.28. The third kappa shape index (κ3) is 2.91. The molecule has 0 bridgehead atoms. The first kappa shape index (κ1) is 14.4. The molecule has 1 aliphatic rings. The highest BCUT2D eigenvalue weighted by molar-refractivity contribution is 9.09. The lowest BCUT2D eigenvalue weighted by atomic mass is 9.91. The Bertz CT molecular complexity index is 401. The lowest BCUT2D eigenvalue weighted by Crippen LogP contribution is -2.41. The minimum absolute atomic E-state index is 0.735. The van der Waals surface area contributed by atoms with Gasteiger partial charge in [0.15, 0.2) is 0 Å². The average molecular weight is 335 g/mol. The second-order valence-corrected chi connectivity index (χ2v) is 6.08. The summed E-state index contributed by atoms with van der Waals surface area (Å²) in [5.74, 6) is 0. The summed E-state index contributed by atoms with van der Waals surface area (Å²) in [5.41, 5.74) is 2.12. The Morgan fingerprint density at radius 1 is 1.50 bits per heavy atom. The van der Waals surface area contributed by atoms with Crippen LogP contribution in [0.3, 0.4) is 0 Å². The number of halogens is 2. The van der Waals surface area contributed by atoms with Crippen LogP contribution < -0.4 is 0 Å². The highest BCUT2D eigenvalue weighted by Gasteiger charge is 2.26. The molecule has 0 amide bonds. The predicted molar refractivity (Wildman–Crippen MR) is 79.5 cm³/mol. The molecular formula is C13H21BrClN3. The van der Waals surface area contributed by atoms with Gasteiger partial charge in [0.05, 0.1) is 16.4 Å². The van der Waals surface area contributed by atoms with Gasteiger partial charge in [0.2, 0.25) is 0 Å². The third-order valence-electron chi connectivity index (χ3n) is 3.77. The second-order valence-electron chi connectivity index (χ2n) is 4.91. The molecule has 0 atom stereocenters. The Kier molecular flexibility index (Phi) is 5.10. The van der Waals surface area contributed by atoms with Gasteiger partial charge in [0.25, 0.3) is 0 Å². The Labute approximate surface area is 123 Å². The largest absolute Gasteiger partial charge is 0.294 e. The third-order valence-corrected chi connectivity index (χ3v) is 4.61. The van der Waals surface area contributed by atoms with Crippen LogP contribution in [0.2, 0.25) is 5.02 Å². The van der Waals surface area contributed by atoms with Gasteiger partial charge in [0, 0.05) is 31.0 Å². The van der Waals surface area contributed by atoms with Gasteiger partial charge in [0.1, 0.15) is 0 Å². The molecule has 1 aliphatic carbocycles. The van der Waals surface area contributed by atoms with E-state index in [1.807, 2.05) is 11.6 Å². The topological polar surface area (TPSA) is 21.1 Å². The standard InChI is InChI=1S/C13H21BrClN3/c1-3-18-12(13(15)10(2)16-18)9-17(8-7-14)11-5-4-6-11/h11H,3-9H2,1-2H3. The first-order valence-corrected chi connectivity index (χ1v) is 8.19. The molecule has 0 aliphatic heterocycles. The summed E-state index contributed by atoms with van der Waals surface area (Å²) in [7, 11) is 0. The lowest BCUT2D eigenvalue weighted by molar-refractivity contribution is 0.125. The summed E-state index contributed by atoms with van der Waals surface area (Å²) in [6.45, 7) is 6.98. The molecule has 0 saturated heterocycles. The van der Waals surface area contributed by atoms with Gasteiger partial charge in [-0.2, -0.15) is 5.10 Å². The van der Waals surface area contributed by atoms with E-state index in [0.717, 1.165) is 41.7 Å². The van der Waals surface area contributed by atoms with E-state index in [1.165, 1.54) is 25.0 Å². The number of alkyl halides is 1. The number of rotatable bonds is 6. The molecule has 0 N–H and O–H groups in total. The number of aryl methyl sites for hydroxylation is 2. The van der Waals surface area contributed by atoms with E-state index in [9.17, 15) is 0 Å². The van der Waals surface area contributed by atoms with Crippen molar-refractivity contribution in [3.05, 3.63) is 16.4 Å². The molecule has 102 valence electrons. The second kappa shape index (κ2) is 6.40. The van der Waals surface area contributed by atoms with Crippen molar-refractivity contribution in [3.63, 3.8) is 0 Å². The minimum atomic E-state index is 0.735. The zero-order valence-corrected chi connectivity index (χ0v) is 13.5. The van der Waals surface area contributed by atoms with Crippen molar-refractivity contribution in [2.75, 3.05) is 11.9 Å². The number of nitrogens with zero attached hydrogens (tertiary/aromatic N) is 3. The van der Waals surface area contributed by atoms with Crippen molar-refractivity contribution >= 4 is 27.5 Å². The first-order chi connectivity index (χ1) is 8.67. The predicted octanol–water partition coefficient (Wildman–Crippen LogP) is 3.61. The summed E-state index contributed by atoms with van der Waals surface area (Å²) >= 11 is 9.93. The zero-order valence-electron chi connectivity index (χ0n) is 11.1. The van der Waals surface area contributed by atoms with Gasteiger partial charge < -0.3 is 0 Å². The summed E-state index contributed by atoms with van der Waals surface area (Å²) in [6, 6.07) is 0.735. The van der Waals surface area contributed by atoms with Gasteiger partial charge in [-0.05, 0) is 26.7 Å². The molecule has 5 heteroatoms. The number of hydrogen-bond donors (Lipinski definition) is 0. The molecule has 3 nitrogen and oxygen atoms in total. The fourth-order valence-corrected chi connectivity index (χ4v) is 3.11. The van der Waals surface area contributed by atoms with E-state index in [2.05, 4.69) is 32.9 Å². The molecule has 2 rings (SSSR count). The van der Waals surface area contributed by atoms with Crippen LogP contribution in [0.5, 0.6) is 0 Å². The molecular weight excluding hydrogens is 314 g/mol. The van der Waals surface area contributed by atoms with Gasteiger partial charge in [-0.15, -0.1) is 0 Å². The normalized spacial score (nSPS) is 16.3. The van der Waals surface area contributed by atoms with E-state index < -0.39 is 0 Å². The van der Waals surface area contributed by atoms with E-state index in [-0.39, 0.29) is 0 Å². The van der Waals surface area contributed by atoms with Crippen LogP contribution in [-0.4, -0.2) is 32.6 Å². The number of hydrogen-bond acceptors (Lipinski definition) is 2. The monoisotopic (exact) mass is 333 g/mol. The molecule has 0 radical (unpaired) electrons. The molecule has 1 fully saturated rings. The average Bonchev–Trinajstić information content (AvgIpc) is 2.55. The smallest absolute Gasteiger partial charge is 0.0860 e. The van der Waals surface area contributed by atoms with Crippen LogP contribution in [0.15, 0.2) is 0 Å². The molecule has 1 aromatic rings. The zero-order chi connectivity index (χ0) is 13.1. The first-order valence-electron chi connectivity index (χ1n) is 6.69. The fourth-order valence-electron chi connectivity index (χ4n) is 2.46. The Morgan fingerprint density at radius 2 is 2.22 bits per heavy atom. The SMILES string of the molecule is CCn1nc(C)c(Cl)c1CN(CCBr)C1CCC1. The van der Waals surface area contributed by atoms with Crippen molar-refractivity contribution in [2.24, 2.45) is 0 Å². The maximum atomic E-state index is 6.38. The Hall–Kier alpha value is -0.0600. The van der Waals surface area contributed by atoms with Crippen LogP contribution in [-0.2, 0) is 13.1 Å². The summed E-state index contributed by atoms with van der Waals surface area (Å²) in [4.78, 5) is 2.53. The van der Waals surface area contributed by atoms with Gasteiger partial charge in [-0.3, -0.25) is 9.58 Å². The van der Waals surface area contributed by atoms with Crippen molar-refractivity contribution in [3.8, 4) is 0 Å². The molecule has 0 spiro atoms. The van der Waals surface area contributed by atoms with Crippen LogP contribution >= 0.6 is 27.5 Å². The van der Waals surface area contributed by atoms with Crippen molar-refractivity contribution < 1.29 is 0 Å². The van der Waals surface area contributed by atoms with Crippen LogP contribution in [0, 0.1) is 6.92 Å². The molecule has 18 heavy (non-hydrogen) atoms. The van der Waals surface area contributed by atoms with E-state index >= 15 is 0 Å². The molecule has 1 aromatic heterocycles. The maximum Gasteiger partial charge on any atom is 0.0860 e. The van der Waals surface area contributed by atoms with E-state index in [0.29, 0.717) is 0 Å². The molecule has 1 heterocycles. The van der Waals surface area contributed by atoms with Crippen molar-refractivity contribution in [1.82, 2.24) is 14.7 Å². The molecule has 0 aromatic carbocycles.